The van der Waals surface area contributed by atoms with Crippen molar-refractivity contribution >= 4 is 6.21 Å². The molecular weight excluding hydrogens is 225 g/mol. The Labute approximate surface area is 101 Å². The number of hydrogen-bond acceptors (Lipinski definition) is 5. The van der Waals surface area contributed by atoms with Crippen molar-refractivity contribution in [3.63, 3.8) is 0 Å². The molecule has 2 aliphatic rings. The molecule has 4 atom stereocenters. The van der Waals surface area contributed by atoms with Crippen LogP contribution in [0.3, 0.4) is 0 Å². The predicted molar refractivity (Wildman–Crippen MR) is 62.8 cm³/mol. The summed E-state index contributed by atoms with van der Waals surface area (Å²) < 4.78 is 18.8. The Morgan fingerprint density at radius 3 is 3.06 bits per heavy atom. The van der Waals surface area contributed by atoms with Crippen LogP contribution in [-0.2, 0) is 4.74 Å². The fourth-order valence-electron chi connectivity index (χ4n) is 2.40. The fraction of sp³-hybridized carbons (Fsp3) is 0.909. The topological polar surface area (TPSA) is 57.1 Å². The summed E-state index contributed by atoms with van der Waals surface area (Å²) in [6, 6.07) is -0.0567. The summed E-state index contributed by atoms with van der Waals surface area (Å²) in [6.07, 6.45) is 1.09. The van der Waals surface area contributed by atoms with E-state index in [2.05, 4.69) is 10.3 Å². The standard InChI is InChI=1S/C11H20FN3O2/c1-17-10-3-5-15(6-8(10)12)11(16)9-2-4-13-7-14-9/h4,8-11,14,16H,2-3,5-7H2,1H3/t8-,9?,10+,11?/m1/s1. The molecular formula is C11H20FN3O2. The number of methoxy groups -OCH3 is 1. The van der Waals surface area contributed by atoms with Crippen LogP contribution in [0, 0.1) is 0 Å². The summed E-state index contributed by atoms with van der Waals surface area (Å²) in [5.74, 6) is 0. The van der Waals surface area contributed by atoms with Gasteiger partial charge in [0.25, 0.3) is 0 Å². The number of hydrogen-bond donors (Lipinski definition) is 2. The van der Waals surface area contributed by atoms with E-state index in [1.54, 1.807) is 11.1 Å². The number of aliphatic hydroxyl groups excluding tert-OH is 1. The van der Waals surface area contributed by atoms with Gasteiger partial charge in [-0.1, -0.05) is 0 Å². The fourth-order valence-corrected chi connectivity index (χ4v) is 2.40. The monoisotopic (exact) mass is 245 g/mol. The average Bonchev–Trinajstić information content (AvgIpc) is 2.39. The molecule has 0 aromatic heterocycles. The van der Waals surface area contributed by atoms with Gasteiger partial charge in [0.2, 0.25) is 0 Å². The number of nitrogens with zero attached hydrogens (tertiary/aromatic N) is 2. The summed E-state index contributed by atoms with van der Waals surface area (Å²) in [5, 5.41) is 13.3. The minimum atomic E-state index is -1.03. The normalized spacial score (nSPS) is 37.0. The maximum Gasteiger partial charge on any atom is 0.139 e. The maximum atomic E-state index is 13.7. The van der Waals surface area contributed by atoms with E-state index in [1.807, 2.05) is 0 Å². The van der Waals surface area contributed by atoms with Gasteiger partial charge in [-0.2, -0.15) is 0 Å². The SMILES string of the molecule is CO[C@H]1CCN(C(O)C2CC=NCN2)C[C@H]1F. The Balaban J connectivity index is 1.88. The molecule has 0 aromatic carbocycles. The molecule has 5 nitrogen and oxygen atoms in total. The molecule has 0 saturated carbocycles. The van der Waals surface area contributed by atoms with Gasteiger partial charge in [0.15, 0.2) is 0 Å². The van der Waals surface area contributed by atoms with Crippen molar-refractivity contribution in [2.24, 2.45) is 4.99 Å². The molecule has 0 amide bonds. The average molecular weight is 245 g/mol. The lowest BCUT2D eigenvalue weighted by Gasteiger charge is -2.39. The molecule has 0 aliphatic carbocycles. The van der Waals surface area contributed by atoms with Gasteiger partial charge < -0.3 is 9.84 Å². The third kappa shape index (κ3) is 3.01. The van der Waals surface area contributed by atoms with E-state index >= 15 is 0 Å². The highest BCUT2D eigenvalue weighted by Gasteiger charge is 2.34. The summed E-state index contributed by atoms with van der Waals surface area (Å²) >= 11 is 0. The van der Waals surface area contributed by atoms with Crippen molar-refractivity contribution in [1.29, 1.82) is 0 Å². The zero-order valence-electron chi connectivity index (χ0n) is 10.1. The first-order chi connectivity index (χ1) is 8.22. The summed E-state index contributed by atoms with van der Waals surface area (Å²) in [6.45, 7) is 1.42. The largest absolute Gasteiger partial charge is 0.378 e. The van der Waals surface area contributed by atoms with Gasteiger partial charge in [0.05, 0.1) is 18.8 Å². The second-order valence-corrected chi connectivity index (χ2v) is 4.56. The van der Waals surface area contributed by atoms with Crippen LogP contribution in [0.15, 0.2) is 4.99 Å². The van der Waals surface area contributed by atoms with Crippen LogP contribution in [0.2, 0.25) is 0 Å². The van der Waals surface area contributed by atoms with Gasteiger partial charge in [0, 0.05) is 32.8 Å². The quantitative estimate of drug-likeness (QED) is 0.720. The van der Waals surface area contributed by atoms with E-state index in [1.165, 1.54) is 7.11 Å². The summed E-state index contributed by atoms with van der Waals surface area (Å²) in [7, 11) is 1.53. The second kappa shape index (κ2) is 5.86. The van der Waals surface area contributed by atoms with Crippen LogP contribution in [0.4, 0.5) is 4.39 Å². The van der Waals surface area contributed by atoms with Gasteiger partial charge in [-0.15, -0.1) is 0 Å². The third-order valence-electron chi connectivity index (χ3n) is 3.48. The van der Waals surface area contributed by atoms with Crippen LogP contribution < -0.4 is 5.32 Å². The van der Waals surface area contributed by atoms with E-state index in [4.69, 9.17) is 4.74 Å². The highest BCUT2D eigenvalue weighted by atomic mass is 19.1. The number of aliphatic hydroxyl groups is 1. The molecule has 2 N–H and O–H groups in total. The smallest absolute Gasteiger partial charge is 0.139 e. The predicted octanol–water partition coefficient (Wildman–Crippen LogP) is -0.246. The third-order valence-corrected chi connectivity index (χ3v) is 3.48. The van der Waals surface area contributed by atoms with Gasteiger partial charge >= 0.3 is 0 Å². The molecule has 2 aliphatic heterocycles. The van der Waals surface area contributed by atoms with Crippen molar-refractivity contribution in [2.75, 3.05) is 26.9 Å². The van der Waals surface area contributed by atoms with Crippen LogP contribution in [0.25, 0.3) is 0 Å². The van der Waals surface area contributed by atoms with E-state index in [-0.39, 0.29) is 18.7 Å². The molecule has 1 fully saturated rings. The van der Waals surface area contributed by atoms with Crippen molar-refractivity contribution in [3.8, 4) is 0 Å². The molecule has 0 bridgehead atoms. The van der Waals surface area contributed by atoms with Crippen LogP contribution in [0.1, 0.15) is 12.8 Å². The van der Waals surface area contributed by atoms with E-state index in [0.717, 1.165) is 0 Å². The molecule has 1 saturated heterocycles. The van der Waals surface area contributed by atoms with Crippen molar-refractivity contribution < 1.29 is 14.2 Å². The van der Waals surface area contributed by atoms with Gasteiger partial charge in [-0.05, 0) is 6.42 Å². The van der Waals surface area contributed by atoms with E-state index in [9.17, 15) is 9.50 Å². The van der Waals surface area contributed by atoms with Crippen molar-refractivity contribution in [1.82, 2.24) is 10.2 Å². The Hall–Kier alpha value is -0.560. The Morgan fingerprint density at radius 1 is 1.65 bits per heavy atom. The lowest BCUT2D eigenvalue weighted by Crippen LogP contribution is -2.57. The number of rotatable bonds is 3. The molecule has 98 valence electrons. The number of nitrogens with one attached hydrogen (secondary N) is 1. The first kappa shape index (κ1) is 12.9. The number of aliphatic imine (C=N–C) groups is 1. The summed E-state index contributed by atoms with van der Waals surface area (Å²) in [5.41, 5.74) is 0. The highest BCUT2D eigenvalue weighted by molar-refractivity contribution is 5.59. The Morgan fingerprint density at radius 2 is 2.47 bits per heavy atom. The molecule has 2 rings (SSSR count). The number of piperidine rings is 1. The van der Waals surface area contributed by atoms with Crippen molar-refractivity contribution in [2.45, 2.75) is 37.4 Å². The zero-order valence-corrected chi connectivity index (χ0v) is 10.1. The molecule has 0 spiro atoms. The van der Waals surface area contributed by atoms with Crippen LogP contribution in [-0.4, -0.2) is 67.6 Å². The number of likely N-dealkylation sites (tertiary alicyclic amines) is 1. The minimum Gasteiger partial charge on any atom is -0.378 e. The van der Waals surface area contributed by atoms with Crippen molar-refractivity contribution in [3.05, 3.63) is 0 Å². The molecule has 2 unspecified atom stereocenters. The van der Waals surface area contributed by atoms with E-state index in [0.29, 0.717) is 26.1 Å². The molecule has 0 aromatic rings. The number of halogens is 1. The second-order valence-electron chi connectivity index (χ2n) is 4.56. The lowest BCUT2D eigenvalue weighted by molar-refractivity contribution is -0.0890. The molecule has 2 heterocycles. The molecule has 17 heavy (non-hydrogen) atoms. The Bertz CT molecular complexity index is 277. The van der Waals surface area contributed by atoms with Gasteiger partial charge in [0.1, 0.15) is 12.4 Å². The first-order valence-corrected chi connectivity index (χ1v) is 6.03. The minimum absolute atomic E-state index is 0.0567. The maximum absolute atomic E-state index is 13.7. The van der Waals surface area contributed by atoms with Crippen LogP contribution >= 0.6 is 0 Å². The van der Waals surface area contributed by atoms with Gasteiger partial charge in [-0.25, -0.2) is 4.39 Å². The highest BCUT2D eigenvalue weighted by Crippen LogP contribution is 2.19. The Kier molecular flexibility index (Phi) is 4.44. The van der Waals surface area contributed by atoms with Crippen LogP contribution in [0.5, 0.6) is 0 Å². The van der Waals surface area contributed by atoms with Gasteiger partial charge in [-0.3, -0.25) is 15.2 Å². The zero-order chi connectivity index (χ0) is 12.3. The molecule has 0 radical (unpaired) electrons. The molecule has 6 heteroatoms. The lowest BCUT2D eigenvalue weighted by atomic mass is 10.0. The number of ether oxygens (including phenoxy) is 1. The first-order valence-electron chi connectivity index (χ1n) is 6.03. The van der Waals surface area contributed by atoms with E-state index < -0.39 is 12.4 Å². The summed E-state index contributed by atoms with van der Waals surface area (Å²) in [4.78, 5) is 5.81. The number of alkyl halides is 1.